The highest BCUT2D eigenvalue weighted by molar-refractivity contribution is 6.06. The first-order valence-electron chi connectivity index (χ1n) is 7.06. The smallest absolute Gasteiger partial charge is 0.255 e. The Morgan fingerprint density at radius 2 is 1.74 bits per heavy atom. The fourth-order valence-electron chi connectivity index (χ4n) is 2.22. The molecule has 0 saturated carbocycles. The second-order valence-corrected chi connectivity index (χ2v) is 5.19. The summed E-state index contributed by atoms with van der Waals surface area (Å²) in [4.78, 5) is 14.4. The van der Waals surface area contributed by atoms with E-state index in [4.69, 9.17) is 15.2 Å². The van der Waals surface area contributed by atoms with Crippen molar-refractivity contribution in [3.8, 4) is 11.5 Å². The van der Waals surface area contributed by atoms with Crippen LogP contribution >= 0.6 is 0 Å². The topological polar surface area (TPSA) is 76.8 Å². The Labute approximate surface area is 135 Å². The Hall–Kier alpha value is -2.89. The molecule has 3 N–H and O–H groups in total. The molecule has 0 atom stereocenters. The van der Waals surface area contributed by atoms with Gasteiger partial charge < -0.3 is 25.4 Å². The van der Waals surface area contributed by atoms with Crippen LogP contribution < -0.4 is 25.4 Å². The number of hydrogen-bond acceptors (Lipinski definition) is 5. The summed E-state index contributed by atoms with van der Waals surface area (Å²) in [7, 11) is 6.88. The van der Waals surface area contributed by atoms with Gasteiger partial charge in [0.1, 0.15) is 0 Å². The molecule has 0 spiro atoms. The van der Waals surface area contributed by atoms with Crippen molar-refractivity contribution in [2.75, 3.05) is 44.3 Å². The van der Waals surface area contributed by atoms with Gasteiger partial charge in [-0.15, -0.1) is 0 Å². The molecule has 0 aromatic heterocycles. The van der Waals surface area contributed by atoms with Crippen LogP contribution in [0.4, 0.5) is 17.1 Å². The lowest BCUT2D eigenvalue weighted by Gasteiger charge is -2.18. The molecule has 0 aliphatic carbocycles. The lowest BCUT2D eigenvalue weighted by atomic mass is 10.1. The molecule has 2 aromatic carbocycles. The van der Waals surface area contributed by atoms with Gasteiger partial charge in [0.2, 0.25) is 0 Å². The third-order valence-corrected chi connectivity index (χ3v) is 3.40. The lowest BCUT2D eigenvalue weighted by Crippen LogP contribution is -2.17. The van der Waals surface area contributed by atoms with E-state index in [0.717, 1.165) is 5.69 Å². The largest absolute Gasteiger partial charge is 0.493 e. The molecule has 0 saturated heterocycles. The number of nitrogens with zero attached hydrogens (tertiary/aromatic N) is 1. The highest BCUT2D eigenvalue weighted by Crippen LogP contribution is 2.30. The van der Waals surface area contributed by atoms with E-state index in [-0.39, 0.29) is 5.91 Å². The van der Waals surface area contributed by atoms with Gasteiger partial charge in [0, 0.05) is 25.3 Å². The molecule has 0 aliphatic rings. The van der Waals surface area contributed by atoms with E-state index >= 15 is 0 Å². The van der Waals surface area contributed by atoms with Gasteiger partial charge in [-0.3, -0.25) is 4.79 Å². The maximum atomic E-state index is 12.5. The molecule has 0 fully saturated rings. The molecule has 0 heterocycles. The minimum absolute atomic E-state index is 0.250. The predicted molar refractivity (Wildman–Crippen MR) is 92.7 cm³/mol. The van der Waals surface area contributed by atoms with Crippen molar-refractivity contribution in [3.05, 3.63) is 42.0 Å². The molecule has 0 bridgehead atoms. The number of methoxy groups -OCH3 is 2. The number of nitrogens with one attached hydrogen (secondary N) is 1. The zero-order chi connectivity index (χ0) is 17.0. The van der Waals surface area contributed by atoms with Crippen LogP contribution in [0.15, 0.2) is 36.4 Å². The molecule has 2 aromatic rings. The maximum Gasteiger partial charge on any atom is 0.255 e. The molecular weight excluding hydrogens is 294 g/mol. The van der Waals surface area contributed by atoms with E-state index in [1.165, 1.54) is 7.11 Å². The minimum Gasteiger partial charge on any atom is -0.493 e. The van der Waals surface area contributed by atoms with E-state index < -0.39 is 0 Å². The van der Waals surface area contributed by atoms with Gasteiger partial charge in [-0.1, -0.05) is 0 Å². The molecule has 0 radical (unpaired) electrons. The van der Waals surface area contributed by atoms with E-state index in [1.54, 1.807) is 37.4 Å². The van der Waals surface area contributed by atoms with E-state index in [1.807, 2.05) is 25.1 Å². The van der Waals surface area contributed by atoms with Crippen LogP contribution in [-0.2, 0) is 0 Å². The molecule has 0 aliphatic heterocycles. The normalized spacial score (nSPS) is 10.1. The summed E-state index contributed by atoms with van der Waals surface area (Å²) in [5.41, 5.74) is 8.38. The zero-order valence-corrected chi connectivity index (χ0v) is 13.7. The summed E-state index contributed by atoms with van der Waals surface area (Å²) >= 11 is 0. The Bertz CT molecular complexity index is 714. The number of amides is 1. The molecule has 23 heavy (non-hydrogen) atoms. The average molecular weight is 315 g/mol. The van der Waals surface area contributed by atoms with Crippen LogP contribution in [0.2, 0.25) is 0 Å². The Balaban J connectivity index is 2.31. The SMILES string of the molecule is COc1ccc(C(=O)Nc2cc(N)ccc2N(C)C)cc1OC. The summed E-state index contributed by atoms with van der Waals surface area (Å²) in [6, 6.07) is 10.4. The van der Waals surface area contributed by atoms with Gasteiger partial charge in [-0.25, -0.2) is 0 Å². The highest BCUT2D eigenvalue weighted by atomic mass is 16.5. The average Bonchev–Trinajstić information content (AvgIpc) is 2.53. The van der Waals surface area contributed by atoms with Gasteiger partial charge in [0.15, 0.2) is 11.5 Å². The fourth-order valence-corrected chi connectivity index (χ4v) is 2.22. The van der Waals surface area contributed by atoms with Crippen LogP contribution in [-0.4, -0.2) is 34.2 Å². The van der Waals surface area contributed by atoms with Crippen molar-refractivity contribution in [2.45, 2.75) is 0 Å². The molecule has 2 rings (SSSR count). The number of carbonyl (C=O) groups excluding carboxylic acids is 1. The van der Waals surface area contributed by atoms with Crippen LogP contribution in [0, 0.1) is 0 Å². The van der Waals surface area contributed by atoms with Gasteiger partial charge in [0.25, 0.3) is 5.91 Å². The number of ether oxygens (including phenoxy) is 2. The van der Waals surface area contributed by atoms with Crippen LogP contribution in [0.5, 0.6) is 11.5 Å². The predicted octanol–water partition coefficient (Wildman–Crippen LogP) is 2.60. The quantitative estimate of drug-likeness (QED) is 0.829. The van der Waals surface area contributed by atoms with Gasteiger partial charge in [-0.05, 0) is 36.4 Å². The number of anilines is 3. The van der Waals surface area contributed by atoms with Crippen molar-refractivity contribution < 1.29 is 14.3 Å². The summed E-state index contributed by atoms with van der Waals surface area (Å²) in [6.45, 7) is 0. The van der Waals surface area contributed by atoms with Crippen molar-refractivity contribution in [1.29, 1.82) is 0 Å². The standard InChI is InChI=1S/C17H21N3O3/c1-20(2)14-7-6-12(18)10-13(14)19-17(21)11-5-8-15(22-3)16(9-11)23-4/h5-10H,18H2,1-4H3,(H,19,21). The van der Waals surface area contributed by atoms with Gasteiger partial charge >= 0.3 is 0 Å². The summed E-state index contributed by atoms with van der Waals surface area (Å²) in [5, 5.41) is 2.88. The summed E-state index contributed by atoms with van der Waals surface area (Å²) in [5.74, 6) is 0.821. The van der Waals surface area contributed by atoms with Gasteiger partial charge in [0.05, 0.1) is 25.6 Å². The number of hydrogen-bond donors (Lipinski definition) is 2. The first-order valence-corrected chi connectivity index (χ1v) is 7.06. The van der Waals surface area contributed by atoms with Crippen LogP contribution in [0.25, 0.3) is 0 Å². The molecule has 0 unspecified atom stereocenters. The Kier molecular flexibility index (Phi) is 4.95. The summed E-state index contributed by atoms with van der Waals surface area (Å²) in [6.07, 6.45) is 0. The number of rotatable bonds is 5. The molecule has 122 valence electrons. The minimum atomic E-state index is -0.250. The second-order valence-electron chi connectivity index (χ2n) is 5.19. The number of nitrogen functional groups attached to an aromatic ring is 1. The van der Waals surface area contributed by atoms with E-state index in [2.05, 4.69) is 5.32 Å². The third-order valence-electron chi connectivity index (χ3n) is 3.40. The Morgan fingerprint density at radius 1 is 1.04 bits per heavy atom. The van der Waals surface area contributed by atoms with Crippen LogP contribution in [0.1, 0.15) is 10.4 Å². The number of carbonyl (C=O) groups is 1. The van der Waals surface area contributed by atoms with E-state index in [0.29, 0.717) is 28.4 Å². The van der Waals surface area contributed by atoms with Crippen molar-refractivity contribution >= 4 is 23.0 Å². The second kappa shape index (κ2) is 6.91. The van der Waals surface area contributed by atoms with Crippen LogP contribution in [0.3, 0.4) is 0 Å². The maximum absolute atomic E-state index is 12.5. The molecule has 1 amide bonds. The highest BCUT2D eigenvalue weighted by Gasteiger charge is 2.13. The number of benzene rings is 2. The molecular formula is C17H21N3O3. The van der Waals surface area contributed by atoms with Gasteiger partial charge in [-0.2, -0.15) is 0 Å². The lowest BCUT2D eigenvalue weighted by molar-refractivity contribution is 0.102. The van der Waals surface area contributed by atoms with Crippen molar-refractivity contribution in [2.24, 2.45) is 0 Å². The summed E-state index contributed by atoms with van der Waals surface area (Å²) < 4.78 is 10.4. The monoisotopic (exact) mass is 315 g/mol. The first kappa shape index (κ1) is 16.5. The van der Waals surface area contributed by atoms with Crippen molar-refractivity contribution in [3.63, 3.8) is 0 Å². The third kappa shape index (κ3) is 3.66. The molecule has 6 nitrogen and oxygen atoms in total. The van der Waals surface area contributed by atoms with E-state index in [9.17, 15) is 4.79 Å². The first-order chi connectivity index (χ1) is 11.0. The Morgan fingerprint density at radius 3 is 2.35 bits per heavy atom. The molecule has 6 heteroatoms. The van der Waals surface area contributed by atoms with Crippen molar-refractivity contribution in [1.82, 2.24) is 0 Å². The number of nitrogens with two attached hydrogens (primary N) is 1. The fraction of sp³-hybridized carbons (Fsp3) is 0.235. The zero-order valence-electron chi connectivity index (χ0n) is 13.7.